The van der Waals surface area contributed by atoms with Crippen LogP contribution in [0.15, 0.2) is 48.5 Å². The topological polar surface area (TPSA) is 70.2 Å². The fourth-order valence-electron chi connectivity index (χ4n) is 2.87. The molecule has 0 bridgehead atoms. The van der Waals surface area contributed by atoms with Crippen LogP contribution in [0, 0.1) is 0 Å². The molecular weight excluding hydrogens is 350 g/mol. The summed E-state index contributed by atoms with van der Waals surface area (Å²) < 4.78 is 0. The molecule has 3 amide bonds. The normalized spacial score (nSPS) is 14.6. The Morgan fingerprint density at radius 1 is 1.00 bits per heavy atom. The number of hydrogen-bond acceptors (Lipinski definition) is 2. The number of anilines is 2. The first kappa shape index (κ1) is 18.3. The average molecular weight is 372 g/mol. The van der Waals surface area contributed by atoms with Gasteiger partial charge in [0, 0.05) is 22.4 Å². The van der Waals surface area contributed by atoms with E-state index in [4.69, 9.17) is 11.6 Å². The van der Waals surface area contributed by atoms with Crippen molar-refractivity contribution in [2.45, 2.75) is 38.1 Å². The second kappa shape index (κ2) is 7.38. The van der Waals surface area contributed by atoms with Crippen LogP contribution >= 0.6 is 11.6 Å². The third-order valence-corrected chi connectivity index (χ3v) is 4.62. The van der Waals surface area contributed by atoms with Gasteiger partial charge in [-0.3, -0.25) is 4.79 Å². The van der Waals surface area contributed by atoms with Crippen molar-refractivity contribution in [2.75, 3.05) is 10.6 Å². The minimum Gasteiger partial charge on any atom is -0.336 e. The second-order valence-electron chi connectivity index (χ2n) is 6.88. The second-order valence-corrected chi connectivity index (χ2v) is 7.31. The van der Waals surface area contributed by atoms with E-state index in [1.165, 1.54) is 0 Å². The van der Waals surface area contributed by atoms with Gasteiger partial charge in [-0.2, -0.15) is 0 Å². The van der Waals surface area contributed by atoms with Crippen LogP contribution in [0.3, 0.4) is 0 Å². The highest BCUT2D eigenvalue weighted by Gasteiger charge is 2.51. The van der Waals surface area contributed by atoms with Gasteiger partial charge in [0.2, 0.25) is 5.91 Å². The summed E-state index contributed by atoms with van der Waals surface area (Å²) in [5, 5.41) is 9.11. The van der Waals surface area contributed by atoms with Gasteiger partial charge in [-0.05, 0) is 68.7 Å². The molecule has 136 valence electrons. The van der Waals surface area contributed by atoms with E-state index in [1.807, 2.05) is 32.0 Å². The summed E-state index contributed by atoms with van der Waals surface area (Å²) in [4.78, 5) is 24.5. The average Bonchev–Trinajstić information content (AvgIpc) is 3.38. The molecule has 0 aliphatic heterocycles. The number of benzene rings is 2. The van der Waals surface area contributed by atoms with Crippen molar-refractivity contribution in [3.8, 4) is 0 Å². The molecule has 1 aliphatic carbocycles. The molecule has 2 aromatic rings. The van der Waals surface area contributed by atoms with Crippen molar-refractivity contribution in [3.05, 3.63) is 59.1 Å². The van der Waals surface area contributed by atoms with Gasteiger partial charge in [0.25, 0.3) is 0 Å². The Morgan fingerprint density at radius 2 is 1.62 bits per heavy atom. The molecule has 1 fully saturated rings. The van der Waals surface area contributed by atoms with Crippen LogP contribution in [0.25, 0.3) is 0 Å². The molecule has 3 rings (SSSR count). The predicted octanol–water partition coefficient (Wildman–Crippen LogP) is 4.54. The lowest BCUT2D eigenvalue weighted by Gasteiger charge is -2.16. The lowest BCUT2D eigenvalue weighted by Crippen LogP contribution is -2.34. The van der Waals surface area contributed by atoms with E-state index in [-0.39, 0.29) is 18.0 Å². The fraction of sp³-hybridized carbons (Fsp3) is 0.300. The maximum absolute atomic E-state index is 12.8. The number of urea groups is 1. The summed E-state index contributed by atoms with van der Waals surface area (Å²) in [6.45, 7) is 3.79. The first-order valence-electron chi connectivity index (χ1n) is 8.64. The number of nitrogens with one attached hydrogen (secondary N) is 3. The molecule has 2 aromatic carbocycles. The highest BCUT2D eigenvalue weighted by atomic mass is 35.5. The SMILES string of the molecule is CC(C)NC(=O)Nc1ccc(NC(=O)C2(c3cccc(Cl)c3)CC2)cc1. The van der Waals surface area contributed by atoms with E-state index in [2.05, 4.69) is 16.0 Å². The van der Waals surface area contributed by atoms with Gasteiger partial charge in [-0.15, -0.1) is 0 Å². The molecule has 6 heteroatoms. The minimum absolute atomic E-state index is 0.0296. The van der Waals surface area contributed by atoms with Gasteiger partial charge < -0.3 is 16.0 Å². The summed E-state index contributed by atoms with van der Waals surface area (Å²) >= 11 is 6.06. The maximum Gasteiger partial charge on any atom is 0.319 e. The van der Waals surface area contributed by atoms with E-state index in [9.17, 15) is 9.59 Å². The molecule has 1 aliphatic rings. The van der Waals surface area contributed by atoms with Crippen molar-refractivity contribution >= 4 is 34.9 Å². The zero-order valence-electron chi connectivity index (χ0n) is 14.8. The number of rotatable bonds is 5. The molecule has 3 N–H and O–H groups in total. The molecule has 5 nitrogen and oxygen atoms in total. The number of carbonyl (C=O) groups excluding carboxylic acids is 2. The van der Waals surface area contributed by atoms with Gasteiger partial charge in [-0.1, -0.05) is 23.7 Å². The Kier molecular flexibility index (Phi) is 5.18. The number of hydrogen-bond donors (Lipinski definition) is 3. The fourth-order valence-corrected chi connectivity index (χ4v) is 3.07. The lowest BCUT2D eigenvalue weighted by atomic mass is 9.95. The van der Waals surface area contributed by atoms with E-state index in [0.29, 0.717) is 16.4 Å². The van der Waals surface area contributed by atoms with Gasteiger partial charge >= 0.3 is 6.03 Å². The van der Waals surface area contributed by atoms with Crippen LogP contribution in [-0.4, -0.2) is 18.0 Å². The smallest absolute Gasteiger partial charge is 0.319 e. The number of amides is 3. The maximum atomic E-state index is 12.8. The van der Waals surface area contributed by atoms with Crippen LogP contribution < -0.4 is 16.0 Å². The molecule has 0 spiro atoms. The Morgan fingerprint density at radius 3 is 2.15 bits per heavy atom. The molecule has 0 heterocycles. The standard InChI is InChI=1S/C20H22ClN3O2/c1-13(2)22-19(26)24-17-8-6-16(7-9-17)23-18(25)20(10-11-20)14-4-3-5-15(21)12-14/h3-9,12-13H,10-11H2,1-2H3,(H,23,25)(H2,22,24,26). The summed E-state index contributed by atoms with van der Waals surface area (Å²) in [6.07, 6.45) is 1.63. The molecule has 0 unspecified atom stereocenters. The molecule has 26 heavy (non-hydrogen) atoms. The monoisotopic (exact) mass is 371 g/mol. The number of carbonyl (C=O) groups is 2. The third kappa shape index (κ3) is 4.17. The van der Waals surface area contributed by atoms with Gasteiger partial charge in [0.15, 0.2) is 0 Å². The van der Waals surface area contributed by atoms with Crippen molar-refractivity contribution in [2.24, 2.45) is 0 Å². The first-order valence-corrected chi connectivity index (χ1v) is 9.02. The Labute approximate surface area is 158 Å². The first-order chi connectivity index (χ1) is 12.4. The quantitative estimate of drug-likeness (QED) is 0.722. The molecule has 0 aromatic heterocycles. The van der Waals surface area contributed by atoms with Crippen LogP contribution in [0.4, 0.5) is 16.2 Å². The van der Waals surface area contributed by atoms with E-state index in [1.54, 1.807) is 30.3 Å². The lowest BCUT2D eigenvalue weighted by molar-refractivity contribution is -0.118. The van der Waals surface area contributed by atoms with Crippen LogP contribution in [0.1, 0.15) is 32.3 Å². The van der Waals surface area contributed by atoms with Gasteiger partial charge in [0.05, 0.1) is 5.41 Å². The third-order valence-electron chi connectivity index (χ3n) is 4.38. The summed E-state index contributed by atoms with van der Waals surface area (Å²) in [6, 6.07) is 14.3. The van der Waals surface area contributed by atoms with E-state index in [0.717, 1.165) is 18.4 Å². The van der Waals surface area contributed by atoms with Crippen molar-refractivity contribution < 1.29 is 9.59 Å². The Balaban J connectivity index is 1.64. The van der Waals surface area contributed by atoms with Gasteiger partial charge in [-0.25, -0.2) is 4.79 Å². The Hall–Kier alpha value is -2.53. The Bertz CT molecular complexity index is 814. The molecular formula is C20H22ClN3O2. The highest BCUT2D eigenvalue weighted by molar-refractivity contribution is 6.30. The number of halogens is 1. The van der Waals surface area contributed by atoms with Crippen molar-refractivity contribution in [1.29, 1.82) is 0 Å². The molecule has 0 radical (unpaired) electrons. The van der Waals surface area contributed by atoms with E-state index >= 15 is 0 Å². The minimum atomic E-state index is -0.487. The predicted molar refractivity (Wildman–Crippen MR) is 105 cm³/mol. The summed E-state index contributed by atoms with van der Waals surface area (Å²) in [7, 11) is 0. The van der Waals surface area contributed by atoms with Gasteiger partial charge in [0.1, 0.15) is 0 Å². The summed E-state index contributed by atoms with van der Waals surface area (Å²) in [5.74, 6) is -0.0296. The van der Waals surface area contributed by atoms with Crippen LogP contribution in [-0.2, 0) is 10.2 Å². The zero-order valence-corrected chi connectivity index (χ0v) is 15.6. The molecule has 0 atom stereocenters. The highest BCUT2D eigenvalue weighted by Crippen LogP contribution is 2.49. The van der Waals surface area contributed by atoms with Crippen molar-refractivity contribution in [3.63, 3.8) is 0 Å². The summed E-state index contributed by atoms with van der Waals surface area (Å²) in [5.41, 5.74) is 1.82. The van der Waals surface area contributed by atoms with Crippen LogP contribution in [0.2, 0.25) is 5.02 Å². The van der Waals surface area contributed by atoms with Crippen LogP contribution in [0.5, 0.6) is 0 Å². The van der Waals surface area contributed by atoms with E-state index < -0.39 is 5.41 Å². The van der Waals surface area contributed by atoms with Crippen molar-refractivity contribution in [1.82, 2.24) is 5.32 Å². The molecule has 0 saturated heterocycles. The largest absolute Gasteiger partial charge is 0.336 e. The zero-order chi connectivity index (χ0) is 18.7. The molecule has 1 saturated carbocycles.